The van der Waals surface area contributed by atoms with E-state index in [0.717, 1.165) is 5.56 Å². The van der Waals surface area contributed by atoms with Gasteiger partial charge in [0.05, 0.1) is 17.2 Å². The molecule has 3 fully saturated rings. The zero-order valence-corrected chi connectivity index (χ0v) is 33.6. The summed E-state index contributed by atoms with van der Waals surface area (Å²) >= 11 is 0. The summed E-state index contributed by atoms with van der Waals surface area (Å²) < 4.78 is 0. The quantitative estimate of drug-likeness (QED) is 0.100. The van der Waals surface area contributed by atoms with Crippen molar-refractivity contribution in [1.82, 2.24) is 0 Å². The summed E-state index contributed by atoms with van der Waals surface area (Å²) in [5.41, 5.74) is 5.43. The Kier molecular flexibility index (Phi) is 8.12. The van der Waals surface area contributed by atoms with Crippen molar-refractivity contribution < 1.29 is 34.8 Å². The number of aliphatic hydroxyl groups excluding tert-OH is 1. The molecule has 10 nitrogen and oxygen atoms in total. The molecule has 0 radical (unpaired) electrons. The molecule has 1 aromatic carbocycles. The van der Waals surface area contributed by atoms with Crippen LogP contribution in [0.2, 0.25) is 0 Å². The van der Waals surface area contributed by atoms with Gasteiger partial charge in [0.15, 0.2) is 11.7 Å². The van der Waals surface area contributed by atoms with E-state index < -0.39 is 79.6 Å². The topological polar surface area (TPSA) is 197 Å². The molecule has 8 rings (SSSR count). The highest BCUT2D eigenvalue weighted by Gasteiger charge is 2.82. The van der Waals surface area contributed by atoms with Crippen molar-refractivity contribution >= 4 is 29.6 Å². The van der Waals surface area contributed by atoms with Crippen molar-refractivity contribution in [2.24, 2.45) is 67.2 Å². The number of aliphatic carboxylic acids is 1. The van der Waals surface area contributed by atoms with E-state index >= 15 is 4.79 Å². The van der Waals surface area contributed by atoms with Crippen LogP contribution in [0, 0.1) is 50.7 Å². The number of nitrogens with zero attached hydrogens (tertiary/aromatic N) is 1. The Bertz CT molecular complexity index is 2150. The number of rotatable bonds is 4. The highest BCUT2D eigenvalue weighted by atomic mass is 16.4. The van der Waals surface area contributed by atoms with Crippen LogP contribution >= 0.6 is 0 Å². The molecule has 0 aromatic heterocycles. The molecule has 0 bridgehead atoms. The number of carbonyl (C=O) groups excluding carboxylic acids is 2. The van der Waals surface area contributed by atoms with Crippen LogP contribution in [0.4, 0.5) is 0 Å². The largest absolute Gasteiger partial charge is 0.478 e. The van der Waals surface area contributed by atoms with E-state index in [1.165, 1.54) is 6.92 Å². The first-order valence-corrected chi connectivity index (χ1v) is 20.1. The second-order valence-electron chi connectivity index (χ2n) is 19.5. The van der Waals surface area contributed by atoms with Crippen LogP contribution in [0.3, 0.4) is 0 Å². The fraction of sp³-hybridized carbons (Fsp3) is 0.565. The maximum Gasteiger partial charge on any atom is 0.331 e. The maximum atomic E-state index is 15.4. The van der Waals surface area contributed by atoms with E-state index in [1.54, 1.807) is 12.2 Å². The minimum absolute atomic E-state index is 0.0550. The second kappa shape index (κ2) is 11.7. The van der Waals surface area contributed by atoms with Crippen LogP contribution in [-0.2, 0) is 14.4 Å². The maximum absolute atomic E-state index is 15.4. The fourth-order valence-corrected chi connectivity index (χ4v) is 14.4. The summed E-state index contributed by atoms with van der Waals surface area (Å²) in [5.74, 6) is -3.52. The Hall–Kier alpha value is -4.12. The van der Waals surface area contributed by atoms with Gasteiger partial charge in [0, 0.05) is 57.5 Å². The molecule has 12 atom stereocenters. The van der Waals surface area contributed by atoms with Crippen LogP contribution in [0.15, 0.2) is 88.0 Å². The molecule has 56 heavy (non-hydrogen) atoms. The number of ketones is 2. The number of benzene rings is 1. The molecule has 0 aliphatic heterocycles. The molecule has 0 heterocycles. The summed E-state index contributed by atoms with van der Waals surface area (Å²) in [6.07, 6.45) is 11.8. The number of carboxylic acids is 1. The van der Waals surface area contributed by atoms with Crippen molar-refractivity contribution in [3.8, 4) is 0 Å². The molecular weight excluding hydrogens is 707 g/mol. The molecule has 0 amide bonds. The number of aliphatic hydroxyl groups is 3. The zero-order valence-electron chi connectivity index (χ0n) is 33.6. The van der Waals surface area contributed by atoms with Crippen LogP contribution < -0.4 is 11.5 Å². The van der Waals surface area contributed by atoms with Crippen LogP contribution in [0.25, 0.3) is 6.08 Å². The van der Waals surface area contributed by atoms with Crippen molar-refractivity contribution in [3.63, 3.8) is 0 Å². The first-order chi connectivity index (χ1) is 26.0. The van der Waals surface area contributed by atoms with Gasteiger partial charge in [-0.25, -0.2) is 9.79 Å². The molecule has 0 unspecified atom stereocenters. The van der Waals surface area contributed by atoms with Gasteiger partial charge in [-0.1, -0.05) is 102 Å². The van der Waals surface area contributed by atoms with Gasteiger partial charge in [-0.3, -0.25) is 9.59 Å². The Labute approximate surface area is 329 Å². The van der Waals surface area contributed by atoms with Crippen molar-refractivity contribution in [1.29, 1.82) is 0 Å². The number of nitrogens with two attached hydrogens (primary N) is 2. The molecule has 7 aliphatic rings. The van der Waals surface area contributed by atoms with Gasteiger partial charge < -0.3 is 31.9 Å². The fourth-order valence-electron chi connectivity index (χ4n) is 14.4. The van der Waals surface area contributed by atoms with Crippen LogP contribution in [-0.4, -0.2) is 66.8 Å². The Morgan fingerprint density at radius 2 is 1.62 bits per heavy atom. The van der Waals surface area contributed by atoms with Crippen molar-refractivity contribution in [3.05, 3.63) is 88.6 Å². The molecule has 7 aliphatic carbocycles. The minimum Gasteiger partial charge on any atom is -0.478 e. The SMILES string of the molecule is CC(C(=O)O)=C1CC[C@]2(N=C(N)N)C=C[C@]3(C[C@]4(O)C=C[C@@]5(O)C6=C(C(=O)C[C@@]3(C)[C@]64C)[C@@]3(C)CCC(=O)C(C)(C)[C@@H]3[C@@H]5C=Cc3ccccc3)[C@@H](C)[C@H]2[C@@H]1O. The van der Waals surface area contributed by atoms with Gasteiger partial charge in [-0.05, 0) is 72.6 Å². The average Bonchev–Trinajstić information content (AvgIpc) is 3.27. The number of Topliss-reactive ketones (excluding diaryl/α,β-unsaturated/α-hetero) is 2. The Balaban J connectivity index is 1.39. The summed E-state index contributed by atoms with van der Waals surface area (Å²) in [4.78, 5) is 46.3. The molecule has 1 aromatic rings. The summed E-state index contributed by atoms with van der Waals surface area (Å²) in [5, 5.41) is 49.3. The lowest BCUT2D eigenvalue weighted by Gasteiger charge is -2.69. The van der Waals surface area contributed by atoms with E-state index in [9.17, 15) is 30.0 Å². The summed E-state index contributed by atoms with van der Waals surface area (Å²) in [7, 11) is 0. The highest BCUT2D eigenvalue weighted by Crippen LogP contribution is 2.82. The van der Waals surface area contributed by atoms with Crippen LogP contribution in [0.5, 0.6) is 0 Å². The number of hydrogen-bond acceptors (Lipinski definition) is 7. The Morgan fingerprint density at radius 1 is 0.946 bits per heavy atom. The van der Waals surface area contributed by atoms with Gasteiger partial charge in [0.2, 0.25) is 0 Å². The lowest BCUT2D eigenvalue weighted by Crippen LogP contribution is -2.70. The molecule has 1 spiro atoms. The van der Waals surface area contributed by atoms with Crippen molar-refractivity contribution in [2.75, 3.05) is 0 Å². The van der Waals surface area contributed by atoms with Gasteiger partial charge in [0.25, 0.3) is 0 Å². The first kappa shape index (κ1) is 38.7. The van der Waals surface area contributed by atoms with E-state index in [1.807, 2.05) is 83.2 Å². The van der Waals surface area contributed by atoms with E-state index in [2.05, 4.69) is 13.0 Å². The van der Waals surface area contributed by atoms with E-state index in [4.69, 9.17) is 16.5 Å². The number of aliphatic imine (C=N–C) groups is 1. The first-order valence-electron chi connectivity index (χ1n) is 20.1. The number of fused-ring (bicyclic) bond motifs is 4. The third kappa shape index (κ3) is 4.44. The van der Waals surface area contributed by atoms with Crippen molar-refractivity contribution in [2.45, 2.75) is 110 Å². The molecular formula is C46H57N3O7. The standard InChI is InChI=1S/C46H57N3O7/c1-25(37(53)54)28-15-18-44(49-38(47)48)20-19-43(26(2)32(44)34(28)52)24-45(55)21-22-46(56)29(14-13-27-11-9-8-10-12-27)35-39(3,4)31(51)16-17-40(35,5)33-30(50)23-41(43,6)42(45,7)36(33)46/h8-14,19-22,26,29,32,34-35,52,55-56H,15-18,23-24H2,1-7H3,(H,53,54)(H4,47,48,49)/t26-,29-,32-,34+,35-,40+,41-,42-,43-,44-,45+,46-/m0/s1. The van der Waals surface area contributed by atoms with Gasteiger partial charge in [-0.15, -0.1) is 0 Å². The third-order valence-electron chi connectivity index (χ3n) is 17.1. The molecule has 8 N–H and O–H groups in total. The van der Waals surface area contributed by atoms with Gasteiger partial charge in [0.1, 0.15) is 11.4 Å². The number of allylic oxidation sites excluding steroid dienone is 2. The third-order valence-corrected chi connectivity index (χ3v) is 17.1. The normalized spacial score (nSPS) is 46.7. The highest BCUT2D eigenvalue weighted by molar-refractivity contribution is 6.02. The van der Waals surface area contributed by atoms with Crippen LogP contribution in [0.1, 0.15) is 92.6 Å². The number of carbonyl (C=O) groups is 3. The Morgan fingerprint density at radius 3 is 2.27 bits per heavy atom. The number of hydrogen-bond donors (Lipinski definition) is 6. The number of carboxylic acid groups (broad SMARTS) is 1. The number of guanidine groups is 1. The predicted octanol–water partition coefficient (Wildman–Crippen LogP) is 5.44. The lowest BCUT2D eigenvalue weighted by atomic mass is 9.35. The lowest BCUT2D eigenvalue weighted by molar-refractivity contribution is -0.165. The zero-order chi connectivity index (χ0) is 40.8. The van der Waals surface area contributed by atoms with E-state index in [-0.39, 0.29) is 42.4 Å². The molecule has 3 saturated carbocycles. The second-order valence-corrected chi connectivity index (χ2v) is 19.5. The summed E-state index contributed by atoms with van der Waals surface area (Å²) in [6.45, 7) is 13.6. The average molecular weight is 764 g/mol. The summed E-state index contributed by atoms with van der Waals surface area (Å²) in [6, 6.07) is 9.81. The van der Waals surface area contributed by atoms with E-state index in [0.29, 0.717) is 36.0 Å². The molecule has 298 valence electrons. The monoisotopic (exact) mass is 763 g/mol. The smallest absolute Gasteiger partial charge is 0.331 e. The molecule has 0 saturated heterocycles. The molecule has 10 heteroatoms. The predicted molar refractivity (Wildman–Crippen MR) is 213 cm³/mol. The van der Waals surface area contributed by atoms with Gasteiger partial charge in [-0.2, -0.15) is 0 Å². The minimum atomic E-state index is -1.73. The van der Waals surface area contributed by atoms with Gasteiger partial charge >= 0.3 is 5.97 Å².